The molecule has 1 aliphatic carbocycles. The van der Waals surface area contributed by atoms with E-state index in [1.807, 2.05) is 6.07 Å². The maximum Gasteiger partial charge on any atom is 0.0498 e. The van der Waals surface area contributed by atoms with Crippen LogP contribution >= 0.6 is 15.9 Å². The molecule has 2 rings (SSSR count). The zero-order valence-electron chi connectivity index (χ0n) is 10.4. The van der Waals surface area contributed by atoms with Crippen LogP contribution in [0.3, 0.4) is 0 Å². The standard InChI is InChI=1S/C14H21BrN2/c1-2-11-7-8-14(9-11,10-16)17-13-6-4-3-5-12(13)15/h3-6,11,17H,2,7-10,16H2,1H3. The Morgan fingerprint density at radius 1 is 1.47 bits per heavy atom. The first-order valence-electron chi connectivity index (χ1n) is 6.42. The zero-order chi connectivity index (χ0) is 12.3. The van der Waals surface area contributed by atoms with Crippen molar-refractivity contribution in [1.82, 2.24) is 0 Å². The van der Waals surface area contributed by atoms with E-state index in [9.17, 15) is 0 Å². The van der Waals surface area contributed by atoms with Crippen molar-refractivity contribution in [1.29, 1.82) is 0 Å². The molecule has 2 unspecified atom stereocenters. The summed E-state index contributed by atoms with van der Waals surface area (Å²) in [5, 5.41) is 3.66. The normalized spacial score (nSPS) is 28.3. The average molecular weight is 297 g/mol. The van der Waals surface area contributed by atoms with Crippen LogP contribution in [0.25, 0.3) is 0 Å². The molecule has 17 heavy (non-hydrogen) atoms. The van der Waals surface area contributed by atoms with Crippen LogP contribution in [0, 0.1) is 5.92 Å². The first-order valence-corrected chi connectivity index (χ1v) is 7.21. The van der Waals surface area contributed by atoms with Gasteiger partial charge in [-0.05, 0) is 53.2 Å². The molecular formula is C14H21BrN2. The van der Waals surface area contributed by atoms with Gasteiger partial charge in [0.15, 0.2) is 0 Å². The molecule has 2 nitrogen and oxygen atoms in total. The Bertz CT molecular complexity index is 380. The highest BCUT2D eigenvalue weighted by Gasteiger charge is 2.37. The van der Waals surface area contributed by atoms with Gasteiger partial charge in [0.05, 0.1) is 0 Å². The number of para-hydroxylation sites is 1. The Morgan fingerprint density at radius 3 is 2.82 bits per heavy atom. The molecule has 1 fully saturated rings. The summed E-state index contributed by atoms with van der Waals surface area (Å²) in [6.07, 6.45) is 4.94. The minimum atomic E-state index is 0.102. The van der Waals surface area contributed by atoms with E-state index in [1.165, 1.54) is 25.7 Å². The van der Waals surface area contributed by atoms with Gasteiger partial charge in [0.2, 0.25) is 0 Å². The van der Waals surface area contributed by atoms with Crippen molar-refractivity contribution in [2.75, 3.05) is 11.9 Å². The maximum absolute atomic E-state index is 6.01. The molecule has 0 saturated heterocycles. The van der Waals surface area contributed by atoms with E-state index >= 15 is 0 Å². The van der Waals surface area contributed by atoms with E-state index in [0.717, 1.165) is 16.1 Å². The molecule has 94 valence electrons. The van der Waals surface area contributed by atoms with Crippen LogP contribution < -0.4 is 11.1 Å². The summed E-state index contributed by atoms with van der Waals surface area (Å²) in [7, 11) is 0. The molecule has 3 heteroatoms. The Balaban J connectivity index is 2.13. The SMILES string of the molecule is CCC1CCC(CN)(Nc2ccccc2Br)C1. The number of hydrogen-bond donors (Lipinski definition) is 2. The molecule has 0 spiro atoms. The summed E-state index contributed by atoms with van der Waals surface area (Å²) >= 11 is 3.59. The summed E-state index contributed by atoms with van der Waals surface area (Å²) in [5.74, 6) is 0.827. The van der Waals surface area contributed by atoms with Gasteiger partial charge in [0.1, 0.15) is 0 Å². The number of hydrogen-bond acceptors (Lipinski definition) is 2. The predicted molar refractivity (Wildman–Crippen MR) is 77.2 cm³/mol. The first-order chi connectivity index (χ1) is 8.19. The average Bonchev–Trinajstić information content (AvgIpc) is 2.76. The van der Waals surface area contributed by atoms with Gasteiger partial charge in [-0.25, -0.2) is 0 Å². The van der Waals surface area contributed by atoms with Crippen LogP contribution in [0.2, 0.25) is 0 Å². The highest BCUT2D eigenvalue weighted by molar-refractivity contribution is 9.10. The Labute approximate surface area is 112 Å². The molecule has 1 aromatic carbocycles. The highest BCUT2D eigenvalue weighted by Crippen LogP contribution is 2.39. The summed E-state index contributed by atoms with van der Waals surface area (Å²) in [6.45, 7) is 2.99. The van der Waals surface area contributed by atoms with Gasteiger partial charge in [-0.2, -0.15) is 0 Å². The van der Waals surface area contributed by atoms with Crippen molar-refractivity contribution < 1.29 is 0 Å². The number of rotatable bonds is 4. The second kappa shape index (κ2) is 5.40. The lowest BCUT2D eigenvalue weighted by Gasteiger charge is -2.31. The van der Waals surface area contributed by atoms with Gasteiger partial charge in [0, 0.05) is 22.2 Å². The molecule has 3 N–H and O–H groups in total. The molecule has 0 heterocycles. The summed E-state index contributed by atoms with van der Waals surface area (Å²) in [5.41, 5.74) is 7.27. The molecule has 2 atom stereocenters. The minimum Gasteiger partial charge on any atom is -0.377 e. The molecule has 0 aromatic heterocycles. The molecule has 0 aliphatic heterocycles. The van der Waals surface area contributed by atoms with Gasteiger partial charge in [0.25, 0.3) is 0 Å². The number of nitrogens with one attached hydrogen (secondary N) is 1. The summed E-state index contributed by atoms with van der Waals surface area (Å²) < 4.78 is 1.12. The third-order valence-corrected chi connectivity index (χ3v) is 4.64. The highest BCUT2D eigenvalue weighted by atomic mass is 79.9. The smallest absolute Gasteiger partial charge is 0.0498 e. The Morgan fingerprint density at radius 2 is 2.24 bits per heavy atom. The fourth-order valence-corrected chi connectivity index (χ4v) is 3.17. The Kier molecular flexibility index (Phi) is 4.10. The van der Waals surface area contributed by atoms with E-state index in [4.69, 9.17) is 5.73 Å². The van der Waals surface area contributed by atoms with Crippen molar-refractivity contribution in [2.45, 2.75) is 38.1 Å². The topological polar surface area (TPSA) is 38.0 Å². The van der Waals surface area contributed by atoms with Crippen molar-refractivity contribution in [3.8, 4) is 0 Å². The molecule has 1 aromatic rings. The van der Waals surface area contributed by atoms with Gasteiger partial charge in [-0.3, -0.25) is 0 Å². The fraction of sp³-hybridized carbons (Fsp3) is 0.571. The van der Waals surface area contributed by atoms with E-state index < -0.39 is 0 Å². The number of halogens is 1. The van der Waals surface area contributed by atoms with Crippen molar-refractivity contribution in [3.05, 3.63) is 28.7 Å². The molecule has 0 bridgehead atoms. The number of anilines is 1. The van der Waals surface area contributed by atoms with Crippen LogP contribution in [0.15, 0.2) is 28.7 Å². The van der Waals surface area contributed by atoms with Crippen LogP contribution in [0.4, 0.5) is 5.69 Å². The first kappa shape index (κ1) is 12.9. The van der Waals surface area contributed by atoms with Gasteiger partial charge in [-0.1, -0.05) is 25.5 Å². The second-order valence-corrected chi connectivity index (χ2v) is 5.96. The summed E-state index contributed by atoms with van der Waals surface area (Å²) in [4.78, 5) is 0. The second-order valence-electron chi connectivity index (χ2n) is 5.11. The largest absolute Gasteiger partial charge is 0.377 e. The van der Waals surface area contributed by atoms with Crippen LogP contribution in [-0.2, 0) is 0 Å². The number of nitrogens with two attached hydrogens (primary N) is 1. The van der Waals surface area contributed by atoms with Crippen molar-refractivity contribution in [2.24, 2.45) is 11.7 Å². The van der Waals surface area contributed by atoms with Crippen LogP contribution in [0.5, 0.6) is 0 Å². The lowest BCUT2D eigenvalue weighted by Crippen LogP contribution is -2.43. The molecular weight excluding hydrogens is 276 g/mol. The molecule has 1 aliphatic rings. The third kappa shape index (κ3) is 2.83. The van der Waals surface area contributed by atoms with Gasteiger partial charge >= 0.3 is 0 Å². The van der Waals surface area contributed by atoms with Crippen LogP contribution in [-0.4, -0.2) is 12.1 Å². The third-order valence-electron chi connectivity index (χ3n) is 3.95. The predicted octanol–water partition coefficient (Wildman–Crippen LogP) is 3.77. The van der Waals surface area contributed by atoms with Crippen LogP contribution in [0.1, 0.15) is 32.6 Å². The quantitative estimate of drug-likeness (QED) is 0.888. The Hall–Kier alpha value is -0.540. The number of benzene rings is 1. The maximum atomic E-state index is 6.01. The van der Waals surface area contributed by atoms with E-state index in [2.05, 4.69) is 46.4 Å². The molecule has 1 saturated carbocycles. The van der Waals surface area contributed by atoms with Gasteiger partial charge in [-0.15, -0.1) is 0 Å². The van der Waals surface area contributed by atoms with Gasteiger partial charge < -0.3 is 11.1 Å². The van der Waals surface area contributed by atoms with E-state index in [1.54, 1.807) is 0 Å². The van der Waals surface area contributed by atoms with Crippen molar-refractivity contribution in [3.63, 3.8) is 0 Å². The zero-order valence-corrected chi connectivity index (χ0v) is 12.0. The monoisotopic (exact) mass is 296 g/mol. The van der Waals surface area contributed by atoms with E-state index in [0.29, 0.717) is 6.54 Å². The summed E-state index contributed by atoms with van der Waals surface area (Å²) in [6, 6.07) is 8.27. The fourth-order valence-electron chi connectivity index (χ4n) is 2.78. The molecule has 0 radical (unpaired) electrons. The van der Waals surface area contributed by atoms with Crippen molar-refractivity contribution >= 4 is 21.6 Å². The van der Waals surface area contributed by atoms with E-state index in [-0.39, 0.29) is 5.54 Å². The lowest BCUT2D eigenvalue weighted by atomic mass is 9.94. The minimum absolute atomic E-state index is 0.102. The lowest BCUT2D eigenvalue weighted by molar-refractivity contribution is 0.449. The molecule has 0 amide bonds.